The standard InChI is InChI=1S/C26H29F5O4/c1-2-3-4-5-17-6-8-18(9-7-17)16-33-20-12-10-19(11-13-20)25(32)34-21-14-22(27)24(23(28)15-21)35-26(29,30)31/h10-15,17-18H,2-9,16H2,1H3/t17-,18-. The van der Waals surface area contributed by atoms with Crippen molar-refractivity contribution in [1.29, 1.82) is 0 Å². The van der Waals surface area contributed by atoms with E-state index < -0.39 is 35.5 Å². The highest BCUT2D eigenvalue weighted by Gasteiger charge is 2.34. The number of hydrogen-bond acceptors (Lipinski definition) is 4. The number of halogens is 5. The Bertz CT molecular complexity index is 944. The summed E-state index contributed by atoms with van der Waals surface area (Å²) in [6.45, 7) is 2.81. The maximum Gasteiger partial charge on any atom is 0.573 e. The minimum absolute atomic E-state index is 0.0846. The molecule has 0 radical (unpaired) electrons. The summed E-state index contributed by atoms with van der Waals surface area (Å²) in [7, 11) is 0. The molecule has 1 fully saturated rings. The molecule has 35 heavy (non-hydrogen) atoms. The van der Waals surface area contributed by atoms with Gasteiger partial charge < -0.3 is 14.2 Å². The molecule has 0 aliphatic heterocycles. The molecule has 9 heteroatoms. The van der Waals surface area contributed by atoms with E-state index in [0.29, 0.717) is 30.4 Å². The van der Waals surface area contributed by atoms with E-state index in [4.69, 9.17) is 9.47 Å². The Kier molecular flexibility index (Phi) is 9.34. The summed E-state index contributed by atoms with van der Waals surface area (Å²) in [6, 6.07) is 6.95. The summed E-state index contributed by atoms with van der Waals surface area (Å²) >= 11 is 0. The summed E-state index contributed by atoms with van der Waals surface area (Å²) in [4.78, 5) is 12.3. The number of alkyl halides is 3. The highest BCUT2D eigenvalue weighted by molar-refractivity contribution is 5.91. The molecule has 192 valence electrons. The summed E-state index contributed by atoms with van der Waals surface area (Å²) in [6.07, 6.45) is 4.62. The molecule has 1 saturated carbocycles. The third kappa shape index (κ3) is 8.40. The Balaban J connectivity index is 1.48. The van der Waals surface area contributed by atoms with Crippen LogP contribution in [0.1, 0.15) is 68.6 Å². The molecule has 0 unspecified atom stereocenters. The molecule has 1 aliphatic carbocycles. The van der Waals surface area contributed by atoms with E-state index >= 15 is 0 Å². The highest BCUT2D eigenvalue weighted by atomic mass is 19.4. The molecule has 0 bridgehead atoms. The molecule has 0 amide bonds. The molecule has 2 aromatic carbocycles. The number of ether oxygens (including phenoxy) is 3. The quantitative estimate of drug-likeness (QED) is 0.144. The van der Waals surface area contributed by atoms with E-state index in [1.165, 1.54) is 50.7 Å². The van der Waals surface area contributed by atoms with Crippen LogP contribution in [0.3, 0.4) is 0 Å². The second-order valence-corrected chi connectivity index (χ2v) is 8.87. The van der Waals surface area contributed by atoms with Crippen LogP contribution in [0.15, 0.2) is 36.4 Å². The van der Waals surface area contributed by atoms with Crippen LogP contribution in [-0.2, 0) is 0 Å². The van der Waals surface area contributed by atoms with Crippen LogP contribution < -0.4 is 14.2 Å². The maximum absolute atomic E-state index is 13.8. The summed E-state index contributed by atoms with van der Waals surface area (Å²) in [5.74, 6) is -4.55. The van der Waals surface area contributed by atoms with Crippen molar-refractivity contribution in [2.75, 3.05) is 6.61 Å². The zero-order valence-corrected chi connectivity index (χ0v) is 19.5. The van der Waals surface area contributed by atoms with Crippen LogP contribution in [0.25, 0.3) is 0 Å². The lowest BCUT2D eigenvalue weighted by Gasteiger charge is -2.28. The molecular weight excluding hydrogens is 471 g/mol. The Labute approximate surface area is 201 Å². The first-order valence-corrected chi connectivity index (χ1v) is 11.8. The predicted molar refractivity (Wildman–Crippen MR) is 120 cm³/mol. The van der Waals surface area contributed by atoms with E-state index in [1.54, 1.807) is 12.1 Å². The molecule has 3 rings (SSSR count). The van der Waals surface area contributed by atoms with E-state index in [2.05, 4.69) is 11.7 Å². The lowest BCUT2D eigenvalue weighted by molar-refractivity contribution is -0.276. The molecule has 0 atom stereocenters. The number of benzene rings is 2. The largest absolute Gasteiger partial charge is 0.573 e. The van der Waals surface area contributed by atoms with E-state index in [1.807, 2.05) is 0 Å². The van der Waals surface area contributed by atoms with Crippen LogP contribution >= 0.6 is 0 Å². The number of carbonyl (C=O) groups is 1. The summed E-state index contributed by atoms with van der Waals surface area (Å²) in [5.41, 5.74) is 0.0846. The second-order valence-electron chi connectivity index (χ2n) is 8.87. The van der Waals surface area contributed by atoms with Gasteiger partial charge in [0.1, 0.15) is 11.5 Å². The third-order valence-corrected chi connectivity index (χ3v) is 6.16. The number of unbranched alkanes of at least 4 members (excludes halogenated alkanes) is 2. The minimum Gasteiger partial charge on any atom is -0.493 e. The molecular formula is C26H29F5O4. The monoisotopic (exact) mass is 500 g/mol. The van der Waals surface area contributed by atoms with Crippen LogP contribution in [0.4, 0.5) is 22.0 Å². The fourth-order valence-electron chi connectivity index (χ4n) is 4.25. The van der Waals surface area contributed by atoms with Crippen molar-refractivity contribution in [3.8, 4) is 17.2 Å². The highest BCUT2D eigenvalue weighted by Crippen LogP contribution is 2.33. The van der Waals surface area contributed by atoms with E-state index in [-0.39, 0.29) is 5.56 Å². The first-order chi connectivity index (χ1) is 16.6. The van der Waals surface area contributed by atoms with Gasteiger partial charge in [0.25, 0.3) is 0 Å². The Morgan fingerprint density at radius 3 is 2.09 bits per heavy atom. The van der Waals surface area contributed by atoms with Gasteiger partial charge in [-0.2, -0.15) is 0 Å². The van der Waals surface area contributed by atoms with Gasteiger partial charge in [0.05, 0.1) is 12.2 Å². The average molecular weight is 501 g/mol. The van der Waals surface area contributed by atoms with Gasteiger partial charge in [-0.15, -0.1) is 13.2 Å². The molecule has 0 aromatic heterocycles. The van der Waals surface area contributed by atoms with Gasteiger partial charge >= 0.3 is 12.3 Å². The maximum atomic E-state index is 13.8. The normalized spacial score (nSPS) is 18.2. The Morgan fingerprint density at radius 1 is 0.914 bits per heavy atom. The molecule has 0 heterocycles. The van der Waals surface area contributed by atoms with Gasteiger partial charge in [-0.25, -0.2) is 13.6 Å². The zero-order valence-electron chi connectivity index (χ0n) is 19.5. The fourth-order valence-corrected chi connectivity index (χ4v) is 4.25. The fraction of sp³-hybridized carbons (Fsp3) is 0.500. The number of rotatable bonds is 10. The van der Waals surface area contributed by atoms with Crippen molar-refractivity contribution in [2.45, 2.75) is 64.7 Å². The molecule has 0 saturated heterocycles. The first kappa shape index (κ1) is 26.8. The number of hydrogen-bond donors (Lipinski definition) is 0. The second kappa shape index (κ2) is 12.2. The van der Waals surface area contributed by atoms with Crippen molar-refractivity contribution in [1.82, 2.24) is 0 Å². The average Bonchev–Trinajstić information content (AvgIpc) is 2.81. The molecule has 0 N–H and O–H groups in total. The SMILES string of the molecule is CCCCC[C@H]1CC[C@H](COc2ccc(C(=O)Oc3cc(F)c(OC(F)(F)F)c(F)c3)cc2)CC1. The van der Waals surface area contributed by atoms with Gasteiger partial charge in [-0.3, -0.25) is 0 Å². The number of esters is 1. The predicted octanol–water partition coefficient (Wildman–Crippen LogP) is 7.85. The molecule has 0 spiro atoms. The first-order valence-electron chi connectivity index (χ1n) is 11.8. The van der Waals surface area contributed by atoms with Crippen molar-refractivity contribution in [3.63, 3.8) is 0 Å². The van der Waals surface area contributed by atoms with Crippen molar-refractivity contribution >= 4 is 5.97 Å². The molecule has 4 nitrogen and oxygen atoms in total. The van der Waals surface area contributed by atoms with Gasteiger partial charge in [0.2, 0.25) is 5.75 Å². The molecule has 1 aliphatic rings. The number of carbonyl (C=O) groups excluding carboxylic acids is 1. The van der Waals surface area contributed by atoms with Crippen molar-refractivity contribution in [2.24, 2.45) is 11.8 Å². The van der Waals surface area contributed by atoms with Crippen LogP contribution in [0.5, 0.6) is 17.2 Å². The van der Waals surface area contributed by atoms with Gasteiger partial charge in [-0.05, 0) is 48.9 Å². The van der Waals surface area contributed by atoms with E-state index in [0.717, 1.165) is 18.8 Å². The third-order valence-electron chi connectivity index (χ3n) is 6.16. The Morgan fingerprint density at radius 2 is 1.51 bits per heavy atom. The minimum atomic E-state index is -5.27. The van der Waals surface area contributed by atoms with E-state index in [9.17, 15) is 26.7 Å². The van der Waals surface area contributed by atoms with Crippen LogP contribution in [-0.4, -0.2) is 18.9 Å². The van der Waals surface area contributed by atoms with Crippen LogP contribution in [0, 0.1) is 23.5 Å². The van der Waals surface area contributed by atoms with Gasteiger partial charge in [0.15, 0.2) is 11.6 Å². The smallest absolute Gasteiger partial charge is 0.493 e. The zero-order chi connectivity index (χ0) is 25.4. The lowest BCUT2D eigenvalue weighted by atomic mass is 9.80. The Hall–Kier alpha value is -2.84. The van der Waals surface area contributed by atoms with Crippen molar-refractivity contribution in [3.05, 3.63) is 53.6 Å². The van der Waals surface area contributed by atoms with Crippen molar-refractivity contribution < 1.29 is 41.0 Å². The summed E-state index contributed by atoms with van der Waals surface area (Å²) < 4.78 is 78.4. The summed E-state index contributed by atoms with van der Waals surface area (Å²) in [5, 5.41) is 0. The topological polar surface area (TPSA) is 44.8 Å². The van der Waals surface area contributed by atoms with Gasteiger partial charge in [0, 0.05) is 12.1 Å². The lowest BCUT2D eigenvalue weighted by Crippen LogP contribution is -2.20. The van der Waals surface area contributed by atoms with Gasteiger partial charge in [-0.1, -0.05) is 45.4 Å². The van der Waals surface area contributed by atoms with Crippen LogP contribution in [0.2, 0.25) is 0 Å². The molecule has 2 aromatic rings.